The topological polar surface area (TPSA) is 42.0 Å². The third kappa shape index (κ3) is 4.36. The van der Waals surface area contributed by atoms with Crippen molar-refractivity contribution in [2.45, 2.75) is 34.1 Å². The Bertz CT molecular complexity index is 641. The predicted molar refractivity (Wildman–Crippen MR) is 84.9 cm³/mol. The number of aryl methyl sites for hydroxylation is 1. The van der Waals surface area contributed by atoms with Crippen LogP contribution in [-0.2, 0) is 4.79 Å². The number of nitrogens with zero attached hydrogens (tertiary/aromatic N) is 1. The van der Waals surface area contributed by atoms with Crippen molar-refractivity contribution < 1.29 is 9.18 Å². The van der Waals surface area contributed by atoms with E-state index in [1.165, 1.54) is 23.5 Å². The highest BCUT2D eigenvalue weighted by atomic mass is 32.1. The summed E-state index contributed by atoms with van der Waals surface area (Å²) in [6, 6.07) is 6.20. The molecule has 21 heavy (non-hydrogen) atoms. The summed E-state index contributed by atoms with van der Waals surface area (Å²) < 4.78 is 13.0. The zero-order valence-electron chi connectivity index (χ0n) is 12.7. The molecule has 0 spiro atoms. The maximum Gasteiger partial charge on any atom is 0.226 e. The predicted octanol–water partition coefficient (Wildman–Crippen LogP) is 4.63. The van der Waals surface area contributed by atoms with Crippen molar-refractivity contribution in [3.63, 3.8) is 0 Å². The average molecular weight is 306 g/mol. The van der Waals surface area contributed by atoms with Gasteiger partial charge in [-0.15, -0.1) is 11.3 Å². The van der Waals surface area contributed by atoms with Crippen molar-refractivity contribution in [3.05, 3.63) is 35.0 Å². The Kier molecular flexibility index (Phi) is 4.42. The van der Waals surface area contributed by atoms with Gasteiger partial charge in [0.2, 0.25) is 5.91 Å². The largest absolute Gasteiger partial charge is 0.302 e. The minimum atomic E-state index is -0.273. The first-order valence-electron chi connectivity index (χ1n) is 6.78. The number of benzene rings is 1. The molecule has 112 valence electrons. The Morgan fingerprint density at radius 1 is 1.29 bits per heavy atom. The summed E-state index contributed by atoms with van der Waals surface area (Å²) >= 11 is 1.43. The molecule has 0 atom stereocenters. The molecule has 5 heteroatoms. The summed E-state index contributed by atoms with van der Waals surface area (Å²) in [5, 5.41) is 3.42. The highest BCUT2D eigenvalue weighted by molar-refractivity contribution is 7.16. The fourth-order valence-corrected chi connectivity index (χ4v) is 2.82. The van der Waals surface area contributed by atoms with Gasteiger partial charge in [-0.2, -0.15) is 0 Å². The monoisotopic (exact) mass is 306 g/mol. The summed E-state index contributed by atoms with van der Waals surface area (Å²) in [7, 11) is 0. The zero-order valence-corrected chi connectivity index (χ0v) is 13.5. The molecule has 1 aromatic heterocycles. The van der Waals surface area contributed by atoms with E-state index in [4.69, 9.17) is 0 Å². The molecule has 1 aromatic carbocycles. The van der Waals surface area contributed by atoms with Gasteiger partial charge in [0.25, 0.3) is 0 Å². The number of carbonyl (C=O) groups is 1. The Balaban J connectivity index is 2.16. The van der Waals surface area contributed by atoms with Crippen molar-refractivity contribution in [2.75, 3.05) is 5.32 Å². The van der Waals surface area contributed by atoms with E-state index in [0.29, 0.717) is 11.6 Å². The van der Waals surface area contributed by atoms with Gasteiger partial charge in [0.15, 0.2) is 5.13 Å². The van der Waals surface area contributed by atoms with Gasteiger partial charge < -0.3 is 5.32 Å². The maximum atomic E-state index is 13.0. The number of hydrogen-bond donors (Lipinski definition) is 1. The lowest BCUT2D eigenvalue weighted by Crippen LogP contribution is -2.19. The van der Waals surface area contributed by atoms with Crippen LogP contribution >= 0.6 is 11.3 Å². The third-order valence-corrected chi connectivity index (χ3v) is 3.74. The highest BCUT2D eigenvalue weighted by Gasteiger charge is 2.18. The Morgan fingerprint density at radius 2 is 1.90 bits per heavy atom. The average Bonchev–Trinajstić information content (AvgIpc) is 2.68. The molecular formula is C16H19FN2OS. The number of rotatable bonds is 3. The fourth-order valence-electron chi connectivity index (χ4n) is 1.97. The molecule has 1 amide bonds. The van der Waals surface area contributed by atoms with Crippen LogP contribution in [0.4, 0.5) is 9.52 Å². The number of amides is 1. The quantitative estimate of drug-likeness (QED) is 0.898. The second-order valence-electron chi connectivity index (χ2n) is 6.22. The molecule has 0 aliphatic carbocycles. The lowest BCUT2D eigenvalue weighted by Gasteiger charge is -2.16. The van der Waals surface area contributed by atoms with Crippen LogP contribution in [0, 0.1) is 18.2 Å². The summed E-state index contributed by atoms with van der Waals surface area (Å²) in [6.45, 7) is 7.99. The number of aromatic nitrogens is 1. The minimum Gasteiger partial charge on any atom is -0.302 e. The first kappa shape index (κ1) is 15.6. The molecule has 0 saturated heterocycles. The molecule has 0 saturated carbocycles. The molecule has 2 rings (SSSR count). The molecule has 0 radical (unpaired) electrons. The summed E-state index contributed by atoms with van der Waals surface area (Å²) in [4.78, 5) is 17.4. The molecule has 2 aromatic rings. The van der Waals surface area contributed by atoms with Gasteiger partial charge in [0.1, 0.15) is 5.82 Å². The smallest absolute Gasteiger partial charge is 0.226 e. The third-order valence-electron chi connectivity index (χ3n) is 2.85. The Hall–Kier alpha value is -1.75. The van der Waals surface area contributed by atoms with Crippen molar-refractivity contribution in [2.24, 2.45) is 5.41 Å². The second kappa shape index (κ2) is 5.93. The number of hydrogen-bond acceptors (Lipinski definition) is 3. The summed E-state index contributed by atoms with van der Waals surface area (Å²) in [6.07, 6.45) is 0.442. The zero-order chi connectivity index (χ0) is 15.6. The lowest BCUT2D eigenvalue weighted by molar-refractivity contribution is -0.117. The number of thiazole rings is 1. The number of anilines is 1. The molecule has 1 heterocycles. The van der Waals surface area contributed by atoms with Crippen LogP contribution < -0.4 is 5.32 Å². The Labute approximate surface area is 128 Å². The molecule has 3 nitrogen and oxygen atoms in total. The van der Waals surface area contributed by atoms with Crippen LogP contribution in [0.1, 0.15) is 32.1 Å². The van der Waals surface area contributed by atoms with Crippen LogP contribution in [-0.4, -0.2) is 10.9 Å². The van der Waals surface area contributed by atoms with Gasteiger partial charge in [0, 0.05) is 16.9 Å². The fraction of sp³-hybridized carbons (Fsp3) is 0.375. The van der Waals surface area contributed by atoms with E-state index in [1.54, 1.807) is 12.1 Å². The van der Waals surface area contributed by atoms with Crippen LogP contribution in [0.25, 0.3) is 11.3 Å². The van der Waals surface area contributed by atoms with Crippen molar-refractivity contribution in [1.29, 1.82) is 0 Å². The normalized spacial score (nSPS) is 11.5. The van der Waals surface area contributed by atoms with E-state index in [0.717, 1.165) is 16.1 Å². The molecule has 0 unspecified atom stereocenters. The first-order valence-corrected chi connectivity index (χ1v) is 7.59. The van der Waals surface area contributed by atoms with Gasteiger partial charge in [-0.3, -0.25) is 4.79 Å². The SMILES string of the molecule is Cc1sc(NC(=O)CC(C)(C)C)nc1-c1ccc(F)cc1. The van der Waals surface area contributed by atoms with E-state index in [2.05, 4.69) is 10.3 Å². The van der Waals surface area contributed by atoms with E-state index >= 15 is 0 Å². The second-order valence-corrected chi connectivity index (χ2v) is 7.42. The van der Waals surface area contributed by atoms with Crippen LogP contribution in [0.5, 0.6) is 0 Å². The van der Waals surface area contributed by atoms with Crippen LogP contribution in [0.3, 0.4) is 0 Å². The van der Waals surface area contributed by atoms with E-state index < -0.39 is 0 Å². The first-order chi connectivity index (χ1) is 9.74. The number of nitrogens with one attached hydrogen (secondary N) is 1. The minimum absolute atomic E-state index is 0.0399. The lowest BCUT2D eigenvalue weighted by atomic mass is 9.92. The number of halogens is 1. The van der Waals surface area contributed by atoms with Gasteiger partial charge in [-0.05, 0) is 36.6 Å². The molecule has 0 fully saturated rings. The molecule has 0 bridgehead atoms. The van der Waals surface area contributed by atoms with Crippen molar-refractivity contribution in [3.8, 4) is 11.3 Å². The molecule has 1 N–H and O–H groups in total. The number of carbonyl (C=O) groups excluding carboxylic acids is 1. The van der Waals surface area contributed by atoms with Crippen molar-refractivity contribution in [1.82, 2.24) is 4.98 Å². The van der Waals surface area contributed by atoms with E-state index in [-0.39, 0.29) is 17.1 Å². The summed E-state index contributed by atoms with van der Waals surface area (Å²) in [5.74, 6) is -0.313. The van der Waals surface area contributed by atoms with Gasteiger partial charge in [0.05, 0.1) is 5.69 Å². The molecule has 0 aliphatic rings. The van der Waals surface area contributed by atoms with Crippen LogP contribution in [0.2, 0.25) is 0 Å². The molecular weight excluding hydrogens is 287 g/mol. The van der Waals surface area contributed by atoms with Gasteiger partial charge in [-0.1, -0.05) is 20.8 Å². The van der Waals surface area contributed by atoms with Crippen molar-refractivity contribution >= 4 is 22.4 Å². The van der Waals surface area contributed by atoms with E-state index in [9.17, 15) is 9.18 Å². The maximum absolute atomic E-state index is 13.0. The standard InChI is InChI=1S/C16H19FN2OS/c1-10-14(11-5-7-12(17)8-6-11)19-15(21-10)18-13(20)9-16(2,3)4/h5-8H,9H2,1-4H3,(H,18,19,20). The van der Waals surface area contributed by atoms with Crippen LogP contribution in [0.15, 0.2) is 24.3 Å². The summed E-state index contributed by atoms with van der Waals surface area (Å²) in [5.41, 5.74) is 1.57. The van der Waals surface area contributed by atoms with Gasteiger partial charge >= 0.3 is 0 Å². The van der Waals surface area contributed by atoms with Gasteiger partial charge in [-0.25, -0.2) is 9.37 Å². The van der Waals surface area contributed by atoms with E-state index in [1.807, 2.05) is 27.7 Å². The Morgan fingerprint density at radius 3 is 2.48 bits per heavy atom. The molecule has 0 aliphatic heterocycles. The highest BCUT2D eigenvalue weighted by Crippen LogP contribution is 2.31.